The maximum atomic E-state index is 13.7. The molecule has 0 saturated heterocycles. The molecule has 1 aromatic heterocycles. The Kier molecular flexibility index (Phi) is 5.10. The molecule has 1 aliphatic heterocycles. The van der Waals surface area contributed by atoms with Crippen LogP contribution < -0.4 is 5.56 Å². The molecular weight excluding hydrogens is 404 g/mol. The van der Waals surface area contributed by atoms with E-state index >= 15 is 0 Å². The lowest BCUT2D eigenvalue weighted by Gasteiger charge is -2.27. The van der Waals surface area contributed by atoms with E-state index in [9.17, 15) is 14.3 Å². The number of nitrogens with one attached hydrogen (secondary N) is 1. The van der Waals surface area contributed by atoms with Gasteiger partial charge in [0, 0.05) is 35.8 Å². The summed E-state index contributed by atoms with van der Waals surface area (Å²) in [7, 11) is 0. The summed E-state index contributed by atoms with van der Waals surface area (Å²) in [4.78, 5) is 22.0. The van der Waals surface area contributed by atoms with Gasteiger partial charge in [0.1, 0.15) is 5.82 Å². The SMILES string of the molecule is O=c1[nH]c(-c2ccc(Cl)cc2)nc2c1CCN(Cc1cc(F)c(O)c(Cl)c1)C2. The summed E-state index contributed by atoms with van der Waals surface area (Å²) in [5, 5.41) is 10.1. The van der Waals surface area contributed by atoms with E-state index in [1.165, 1.54) is 6.07 Å². The molecule has 0 fully saturated rings. The van der Waals surface area contributed by atoms with Gasteiger partial charge in [0.2, 0.25) is 0 Å². The molecule has 0 aliphatic carbocycles. The fourth-order valence-corrected chi connectivity index (χ4v) is 3.70. The number of benzene rings is 2. The first-order valence-corrected chi connectivity index (χ1v) is 9.43. The quantitative estimate of drug-likeness (QED) is 0.668. The molecule has 0 bridgehead atoms. The standard InChI is InChI=1S/C20H16Cl2FN3O2/c21-13-3-1-12(2-4-13)19-24-17-10-26(6-5-14(17)20(28)25-19)9-11-7-15(22)18(27)16(23)8-11/h1-4,7-8,27H,5-6,9-10H2,(H,24,25,28). The van der Waals surface area contributed by atoms with Crippen LogP contribution in [0.4, 0.5) is 4.39 Å². The largest absolute Gasteiger partial charge is 0.504 e. The Morgan fingerprint density at radius 2 is 1.96 bits per heavy atom. The molecule has 144 valence electrons. The second-order valence-corrected chi connectivity index (χ2v) is 7.56. The van der Waals surface area contributed by atoms with Crippen molar-refractivity contribution in [3.63, 3.8) is 0 Å². The maximum absolute atomic E-state index is 13.7. The molecule has 0 unspecified atom stereocenters. The lowest BCUT2D eigenvalue weighted by molar-refractivity contribution is 0.240. The van der Waals surface area contributed by atoms with Crippen LogP contribution in [0.15, 0.2) is 41.2 Å². The minimum atomic E-state index is -0.750. The van der Waals surface area contributed by atoms with Gasteiger partial charge in [0.25, 0.3) is 5.56 Å². The maximum Gasteiger partial charge on any atom is 0.254 e. The summed E-state index contributed by atoms with van der Waals surface area (Å²) in [6.45, 7) is 1.53. The van der Waals surface area contributed by atoms with Gasteiger partial charge >= 0.3 is 0 Å². The van der Waals surface area contributed by atoms with Gasteiger partial charge in [-0.1, -0.05) is 23.2 Å². The van der Waals surface area contributed by atoms with E-state index < -0.39 is 11.6 Å². The van der Waals surface area contributed by atoms with E-state index in [0.717, 1.165) is 5.56 Å². The summed E-state index contributed by atoms with van der Waals surface area (Å²) in [5.74, 6) is -0.810. The molecule has 1 aliphatic rings. The molecule has 0 spiro atoms. The predicted octanol–water partition coefficient (Wildman–Crippen LogP) is 4.15. The summed E-state index contributed by atoms with van der Waals surface area (Å²) in [5.41, 5.74) is 2.64. The molecular formula is C20H16Cl2FN3O2. The van der Waals surface area contributed by atoms with Crippen molar-refractivity contribution >= 4 is 23.2 Å². The van der Waals surface area contributed by atoms with Gasteiger partial charge in [-0.05, 0) is 48.4 Å². The van der Waals surface area contributed by atoms with E-state index in [2.05, 4.69) is 14.9 Å². The van der Waals surface area contributed by atoms with Crippen molar-refractivity contribution < 1.29 is 9.50 Å². The first kappa shape index (κ1) is 18.9. The second kappa shape index (κ2) is 7.54. The van der Waals surface area contributed by atoms with Crippen molar-refractivity contribution in [2.24, 2.45) is 0 Å². The number of phenols is 1. The number of aromatic nitrogens is 2. The van der Waals surface area contributed by atoms with Gasteiger partial charge in [-0.25, -0.2) is 9.37 Å². The van der Waals surface area contributed by atoms with Crippen LogP contribution in [-0.4, -0.2) is 26.5 Å². The molecule has 3 aromatic rings. The van der Waals surface area contributed by atoms with Gasteiger partial charge in [-0.2, -0.15) is 0 Å². The van der Waals surface area contributed by atoms with Crippen LogP contribution in [0.3, 0.4) is 0 Å². The van der Waals surface area contributed by atoms with Crippen LogP contribution in [-0.2, 0) is 19.5 Å². The van der Waals surface area contributed by atoms with Crippen molar-refractivity contribution in [2.45, 2.75) is 19.5 Å². The van der Waals surface area contributed by atoms with Crippen LogP contribution in [0.2, 0.25) is 10.0 Å². The molecule has 2 N–H and O–H groups in total. The first-order chi connectivity index (χ1) is 13.4. The number of fused-ring (bicyclic) bond motifs is 1. The number of hydrogen-bond acceptors (Lipinski definition) is 4. The Labute approximate surface area is 170 Å². The summed E-state index contributed by atoms with van der Waals surface area (Å²) in [6.07, 6.45) is 0.548. The van der Waals surface area contributed by atoms with Crippen LogP contribution in [0, 0.1) is 5.82 Å². The third-order valence-corrected chi connectivity index (χ3v) is 5.29. The zero-order chi connectivity index (χ0) is 19.8. The summed E-state index contributed by atoms with van der Waals surface area (Å²) in [6, 6.07) is 9.89. The smallest absolute Gasteiger partial charge is 0.254 e. The number of halogens is 3. The number of aromatic hydroxyl groups is 1. The van der Waals surface area contributed by atoms with Crippen LogP contribution >= 0.6 is 23.2 Å². The van der Waals surface area contributed by atoms with Crippen molar-refractivity contribution in [2.75, 3.05) is 6.54 Å². The summed E-state index contributed by atoms with van der Waals surface area (Å²) < 4.78 is 13.7. The van der Waals surface area contributed by atoms with E-state index in [1.807, 2.05) is 0 Å². The van der Waals surface area contributed by atoms with Gasteiger partial charge in [0.05, 0.1) is 10.7 Å². The number of rotatable bonds is 3. The monoisotopic (exact) mass is 419 g/mol. The van der Waals surface area contributed by atoms with E-state index in [1.54, 1.807) is 30.3 Å². The minimum absolute atomic E-state index is 0.0213. The zero-order valence-corrected chi connectivity index (χ0v) is 16.2. The first-order valence-electron chi connectivity index (χ1n) is 8.68. The molecule has 2 heterocycles. The molecule has 28 heavy (non-hydrogen) atoms. The van der Waals surface area contributed by atoms with Crippen LogP contribution in [0.25, 0.3) is 11.4 Å². The molecule has 8 heteroatoms. The number of aromatic amines is 1. The van der Waals surface area contributed by atoms with Gasteiger partial charge in [-0.3, -0.25) is 9.69 Å². The second-order valence-electron chi connectivity index (χ2n) is 6.72. The number of H-pyrrole nitrogens is 1. The fraction of sp³-hybridized carbons (Fsp3) is 0.200. The molecule has 0 amide bonds. The molecule has 0 radical (unpaired) electrons. The lowest BCUT2D eigenvalue weighted by Crippen LogP contribution is -2.35. The van der Waals surface area contributed by atoms with Crippen molar-refractivity contribution in [3.05, 3.63) is 79.4 Å². The Hall–Kier alpha value is -2.41. The lowest BCUT2D eigenvalue weighted by atomic mass is 10.0. The van der Waals surface area contributed by atoms with E-state index in [-0.39, 0.29) is 10.6 Å². The van der Waals surface area contributed by atoms with Crippen molar-refractivity contribution in [3.8, 4) is 17.1 Å². The molecule has 0 atom stereocenters. The summed E-state index contributed by atoms with van der Waals surface area (Å²) >= 11 is 11.8. The molecule has 4 rings (SSSR count). The number of phenolic OH excluding ortho intramolecular Hbond substituents is 1. The highest BCUT2D eigenvalue weighted by Crippen LogP contribution is 2.29. The molecule has 0 saturated carbocycles. The average Bonchev–Trinajstić information content (AvgIpc) is 2.66. The highest BCUT2D eigenvalue weighted by Gasteiger charge is 2.22. The number of nitrogens with zero attached hydrogens (tertiary/aromatic N) is 2. The minimum Gasteiger partial charge on any atom is -0.504 e. The number of hydrogen-bond donors (Lipinski definition) is 2. The fourth-order valence-electron chi connectivity index (χ4n) is 3.34. The Morgan fingerprint density at radius 1 is 1.21 bits per heavy atom. The van der Waals surface area contributed by atoms with Crippen LogP contribution in [0.5, 0.6) is 5.75 Å². The Balaban J connectivity index is 1.61. The highest BCUT2D eigenvalue weighted by molar-refractivity contribution is 6.32. The van der Waals surface area contributed by atoms with E-state index in [4.69, 9.17) is 23.2 Å². The third kappa shape index (κ3) is 3.76. The molecule has 5 nitrogen and oxygen atoms in total. The Bertz CT molecular complexity index is 1080. The van der Waals surface area contributed by atoms with Crippen molar-refractivity contribution in [1.82, 2.24) is 14.9 Å². The third-order valence-electron chi connectivity index (χ3n) is 4.75. The molecule has 2 aromatic carbocycles. The van der Waals surface area contributed by atoms with Crippen LogP contribution in [0.1, 0.15) is 16.8 Å². The Morgan fingerprint density at radius 3 is 2.68 bits per heavy atom. The van der Waals surface area contributed by atoms with Crippen molar-refractivity contribution in [1.29, 1.82) is 0 Å². The topological polar surface area (TPSA) is 69.2 Å². The predicted molar refractivity (Wildman–Crippen MR) is 106 cm³/mol. The highest BCUT2D eigenvalue weighted by atomic mass is 35.5. The average molecular weight is 420 g/mol. The van der Waals surface area contributed by atoms with E-state index in [0.29, 0.717) is 53.7 Å². The van der Waals surface area contributed by atoms with Gasteiger partial charge < -0.3 is 10.1 Å². The van der Waals surface area contributed by atoms with Gasteiger partial charge in [-0.15, -0.1) is 0 Å². The normalized spacial score (nSPS) is 14.1. The zero-order valence-electron chi connectivity index (χ0n) is 14.7. The van der Waals surface area contributed by atoms with Gasteiger partial charge in [0.15, 0.2) is 11.6 Å².